The van der Waals surface area contributed by atoms with Crippen molar-refractivity contribution in [2.45, 2.75) is 6.10 Å². The Morgan fingerprint density at radius 2 is 2.43 bits per heavy atom. The Hall–Kier alpha value is -1.40. The summed E-state index contributed by atoms with van der Waals surface area (Å²) < 4.78 is 4.77. The molecule has 1 rings (SSSR count). The molecule has 0 aliphatic heterocycles. The number of hydrogen-bond acceptors (Lipinski definition) is 6. The lowest BCUT2D eigenvalue weighted by Crippen LogP contribution is -2.24. The maximum atomic E-state index is 9.32. The Balaban J connectivity index is 2.37. The summed E-state index contributed by atoms with van der Waals surface area (Å²) in [6, 6.07) is 1.60. The third kappa shape index (κ3) is 3.55. The number of rotatable bonds is 5. The van der Waals surface area contributed by atoms with Gasteiger partial charge in [0.25, 0.3) is 0 Å². The predicted octanol–water partition coefficient (Wildman–Crippen LogP) is -0.522. The molecule has 0 amide bonds. The first-order valence-corrected chi connectivity index (χ1v) is 4.20. The van der Waals surface area contributed by atoms with Crippen LogP contribution in [0.3, 0.4) is 0 Å². The summed E-state index contributed by atoms with van der Waals surface area (Å²) >= 11 is 0. The highest BCUT2D eigenvalue weighted by Gasteiger charge is 2.03. The van der Waals surface area contributed by atoms with E-state index in [2.05, 4.69) is 15.3 Å². The van der Waals surface area contributed by atoms with Gasteiger partial charge in [-0.2, -0.15) is 0 Å². The molecule has 6 heteroatoms. The number of aliphatic hydroxyl groups excluding tert-OH is 1. The molecule has 0 fully saturated rings. The molecule has 0 bridgehead atoms. The first-order chi connectivity index (χ1) is 6.72. The van der Waals surface area contributed by atoms with E-state index >= 15 is 0 Å². The first kappa shape index (κ1) is 10.7. The SMILES string of the molecule is COCC(O)CNc1cc(N)ncn1. The topological polar surface area (TPSA) is 93.3 Å². The van der Waals surface area contributed by atoms with E-state index in [1.165, 1.54) is 13.4 Å². The largest absolute Gasteiger partial charge is 0.389 e. The standard InChI is InChI=1S/C8H14N4O2/c1-14-4-6(13)3-10-8-2-7(9)11-5-12-8/h2,5-6,13H,3-4H2,1H3,(H3,9,10,11,12). The Kier molecular flexibility index (Phi) is 4.09. The zero-order chi connectivity index (χ0) is 10.4. The second kappa shape index (κ2) is 5.36. The first-order valence-electron chi connectivity index (χ1n) is 4.20. The minimum Gasteiger partial charge on any atom is -0.389 e. The maximum Gasteiger partial charge on any atom is 0.131 e. The molecule has 0 aliphatic carbocycles. The van der Waals surface area contributed by atoms with Crippen LogP contribution in [0.15, 0.2) is 12.4 Å². The van der Waals surface area contributed by atoms with Crippen molar-refractivity contribution in [3.05, 3.63) is 12.4 Å². The summed E-state index contributed by atoms with van der Waals surface area (Å²) in [5.74, 6) is 0.983. The second-order valence-electron chi connectivity index (χ2n) is 2.82. The zero-order valence-electron chi connectivity index (χ0n) is 7.97. The minimum absolute atomic E-state index is 0.285. The lowest BCUT2D eigenvalue weighted by molar-refractivity contribution is 0.0727. The van der Waals surface area contributed by atoms with Crippen molar-refractivity contribution < 1.29 is 9.84 Å². The number of methoxy groups -OCH3 is 1. The van der Waals surface area contributed by atoms with Crippen molar-refractivity contribution in [2.24, 2.45) is 0 Å². The van der Waals surface area contributed by atoms with Gasteiger partial charge >= 0.3 is 0 Å². The van der Waals surface area contributed by atoms with E-state index in [1.54, 1.807) is 6.07 Å². The number of ether oxygens (including phenoxy) is 1. The average Bonchev–Trinajstić information content (AvgIpc) is 2.15. The van der Waals surface area contributed by atoms with Gasteiger partial charge in [0, 0.05) is 19.7 Å². The van der Waals surface area contributed by atoms with E-state index < -0.39 is 6.10 Å². The summed E-state index contributed by atoms with van der Waals surface area (Å²) in [4.78, 5) is 7.66. The molecule has 0 saturated heterocycles. The highest BCUT2D eigenvalue weighted by molar-refractivity contribution is 5.43. The van der Waals surface area contributed by atoms with Crippen molar-refractivity contribution >= 4 is 11.6 Å². The van der Waals surface area contributed by atoms with Gasteiger partial charge in [0.05, 0.1) is 12.7 Å². The van der Waals surface area contributed by atoms with E-state index in [9.17, 15) is 5.11 Å². The third-order valence-electron chi connectivity index (χ3n) is 1.57. The molecule has 4 N–H and O–H groups in total. The van der Waals surface area contributed by atoms with Gasteiger partial charge in [0.2, 0.25) is 0 Å². The molecule has 1 atom stereocenters. The molecule has 0 radical (unpaired) electrons. The number of aliphatic hydroxyl groups is 1. The summed E-state index contributed by atoms with van der Waals surface area (Å²) in [5, 5.41) is 12.2. The van der Waals surface area contributed by atoms with Gasteiger partial charge in [0.1, 0.15) is 18.0 Å². The molecule has 14 heavy (non-hydrogen) atoms. The van der Waals surface area contributed by atoms with Crippen LogP contribution in [-0.4, -0.2) is 41.4 Å². The fourth-order valence-electron chi connectivity index (χ4n) is 0.943. The van der Waals surface area contributed by atoms with Crippen molar-refractivity contribution in [3.8, 4) is 0 Å². The van der Waals surface area contributed by atoms with Gasteiger partial charge in [0.15, 0.2) is 0 Å². The smallest absolute Gasteiger partial charge is 0.131 e. The van der Waals surface area contributed by atoms with E-state index in [0.717, 1.165) is 0 Å². The van der Waals surface area contributed by atoms with Crippen molar-refractivity contribution in [1.29, 1.82) is 0 Å². The van der Waals surface area contributed by atoms with E-state index in [1.807, 2.05) is 0 Å². The molecular formula is C8H14N4O2. The summed E-state index contributed by atoms with van der Waals surface area (Å²) in [7, 11) is 1.53. The average molecular weight is 198 g/mol. The number of nitrogens with two attached hydrogens (primary N) is 1. The maximum absolute atomic E-state index is 9.32. The molecule has 1 aromatic heterocycles. The van der Waals surface area contributed by atoms with Gasteiger partial charge in [-0.25, -0.2) is 9.97 Å². The van der Waals surface area contributed by atoms with Crippen LogP contribution < -0.4 is 11.1 Å². The molecule has 0 aromatic carbocycles. The highest BCUT2D eigenvalue weighted by atomic mass is 16.5. The third-order valence-corrected chi connectivity index (χ3v) is 1.57. The summed E-state index contributed by atoms with van der Waals surface area (Å²) in [6.07, 6.45) is 0.802. The van der Waals surface area contributed by atoms with Crippen molar-refractivity contribution in [2.75, 3.05) is 31.3 Å². The lowest BCUT2D eigenvalue weighted by atomic mass is 10.4. The van der Waals surface area contributed by atoms with E-state index in [0.29, 0.717) is 18.2 Å². The Morgan fingerprint density at radius 3 is 3.07 bits per heavy atom. The lowest BCUT2D eigenvalue weighted by Gasteiger charge is -2.10. The van der Waals surface area contributed by atoms with Crippen molar-refractivity contribution in [1.82, 2.24) is 9.97 Å². The normalized spacial score (nSPS) is 12.4. The van der Waals surface area contributed by atoms with Crippen LogP contribution in [0.5, 0.6) is 0 Å². The fourth-order valence-corrected chi connectivity index (χ4v) is 0.943. The van der Waals surface area contributed by atoms with Crippen LogP contribution in [0, 0.1) is 0 Å². The van der Waals surface area contributed by atoms with Crippen LogP contribution in [0.4, 0.5) is 11.6 Å². The van der Waals surface area contributed by atoms with Gasteiger partial charge in [-0.05, 0) is 0 Å². The summed E-state index contributed by atoms with van der Waals surface area (Å²) in [5.41, 5.74) is 5.45. The molecule has 1 heterocycles. The number of nitrogens with zero attached hydrogens (tertiary/aromatic N) is 2. The van der Waals surface area contributed by atoms with Crippen LogP contribution in [0.25, 0.3) is 0 Å². The Labute approximate surface area is 82.1 Å². The zero-order valence-corrected chi connectivity index (χ0v) is 7.97. The number of nitrogens with one attached hydrogen (secondary N) is 1. The summed E-state index contributed by atoms with van der Waals surface area (Å²) in [6.45, 7) is 0.651. The molecule has 1 aromatic rings. The van der Waals surface area contributed by atoms with E-state index in [4.69, 9.17) is 10.5 Å². The van der Waals surface area contributed by atoms with Gasteiger partial charge in [-0.3, -0.25) is 0 Å². The van der Waals surface area contributed by atoms with Crippen LogP contribution in [-0.2, 0) is 4.74 Å². The highest BCUT2D eigenvalue weighted by Crippen LogP contribution is 2.04. The number of nitrogen functional groups attached to an aromatic ring is 1. The van der Waals surface area contributed by atoms with Crippen LogP contribution in [0.2, 0.25) is 0 Å². The molecule has 1 unspecified atom stereocenters. The van der Waals surface area contributed by atoms with E-state index in [-0.39, 0.29) is 6.61 Å². The quantitative estimate of drug-likeness (QED) is 0.589. The van der Waals surface area contributed by atoms with Gasteiger partial charge < -0.3 is 20.9 Å². The number of anilines is 2. The number of hydrogen-bond donors (Lipinski definition) is 3. The number of aromatic nitrogens is 2. The van der Waals surface area contributed by atoms with Crippen LogP contribution in [0.1, 0.15) is 0 Å². The molecule has 0 saturated carbocycles. The fraction of sp³-hybridized carbons (Fsp3) is 0.500. The monoisotopic (exact) mass is 198 g/mol. The predicted molar refractivity (Wildman–Crippen MR) is 52.8 cm³/mol. The van der Waals surface area contributed by atoms with Crippen molar-refractivity contribution in [3.63, 3.8) is 0 Å². The van der Waals surface area contributed by atoms with Gasteiger partial charge in [-0.1, -0.05) is 0 Å². The second-order valence-corrected chi connectivity index (χ2v) is 2.82. The minimum atomic E-state index is -0.559. The molecule has 0 spiro atoms. The molecule has 78 valence electrons. The Morgan fingerprint density at radius 1 is 1.64 bits per heavy atom. The molecule has 0 aliphatic rings. The Bertz CT molecular complexity index is 282. The molecule has 6 nitrogen and oxygen atoms in total. The molecular weight excluding hydrogens is 184 g/mol. The van der Waals surface area contributed by atoms with Crippen LogP contribution >= 0.6 is 0 Å². The van der Waals surface area contributed by atoms with Gasteiger partial charge in [-0.15, -0.1) is 0 Å².